The zero-order chi connectivity index (χ0) is 13.1. The van der Waals surface area contributed by atoms with Crippen LogP contribution >= 0.6 is 0 Å². The molecule has 1 amide bonds. The first kappa shape index (κ1) is 12.7. The summed E-state index contributed by atoms with van der Waals surface area (Å²) in [6, 6.07) is 7.81. The van der Waals surface area contributed by atoms with Crippen molar-refractivity contribution in [1.29, 1.82) is 0 Å². The number of hydrogen-bond acceptors (Lipinski definition) is 1. The summed E-state index contributed by atoms with van der Waals surface area (Å²) in [7, 11) is 0. The molecule has 3 nitrogen and oxygen atoms in total. The number of nitrogens with one attached hydrogen (secondary N) is 2. The Morgan fingerprint density at radius 3 is 2.83 bits per heavy atom. The van der Waals surface area contributed by atoms with Crippen molar-refractivity contribution in [3.63, 3.8) is 0 Å². The second-order valence-electron chi connectivity index (χ2n) is 5.19. The van der Waals surface area contributed by atoms with Gasteiger partial charge in [-0.25, -0.2) is 0 Å². The van der Waals surface area contributed by atoms with Crippen LogP contribution in [0, 0.1) is 12.8 Å². The summed E-state index contributed by atoms with van der Waals surface area (Å²) >= 11 is 0. The van der Waals surface area contributed by atoms with E-state index in [9.17, 15) is 4.79 Å². The lowest BCUT2D eigenvalue weighted by Crippen LogP contribution is -2.25. The second-order valence-corrected chi connectivity index (χ2v) is 5.19. The molecule has 0 unspecified atom stereocenters. The van der Waals surface area contributed by atoms with Gasteiger partial charge in [-0.3, -0.25) is 4.79 Å². The summed E-state index contributed by atoms with van der Waals surface area (Å²) in [5.74, 6) is 0.622. The average Bonchev–Trinajstić information content (AvgIpc) is 2.67. The summed E-state index contributed by atoms with van der Waals surface area (Å²) in [4.78, 5) is 15.2. The number of carbonyl (C=O) groups excluding carboxylic acids is 1. The Balaban J connectivity index is 2.08. The smallest absolute Gasteiger partial charge is 0.251 e. The van der Waals surface area contributed by atoms with E-state index in [4.69, 9.17) is 0 Å². The molecule has 0 aliphatic carbocycles. The number of benzene rings is 1. The summed E-state index contributed by atoms with van der Waals surface area (Å²) in [5.41, 5.74) is 2.92. The van der Waals surface area contributed by atoms with E-state index in [0.717, 1.165) is 35.1 Å². The molecule has 0 aliphatic rings. The van der Waals surface area contributed by atoms with Crippen LogP contribution in [0.2, 0.25) is 0 Å². The molecule has 2 N–H and O–H groups in total. The van der Waals surface area contributed by atoms with Gasteiger partial charge in [0.2, 0.25) is 0 Å². The van der Waals surface area contributed by atoms with Gasteiger partial charge in [0.05, 0.1) is 0 Å². The van der Waals surface area contributed by atoms with Gasteiger partial charge < -0.3 is 10.3 Å². The van der Waals surface area contributed by atoms with E-state index in [0.29, 0.717) is 5.92 Å². The van der Waals surface area contributed by atoms with Crippen LogP contribution in [-0.2, 0) is 0 Å². The molecular weight excluding hydrogens is 224 g/mol. The third kappa shape index (κ3) is 2.92. The fourth-order valence-corrected chi connectivity index (χ4v) is 2.00. The van der Waals surface area contributed by atoms with Crippen LogP contribution in [0.4, 0.5) is 0 Å². The Hall–Kier alpha value is -1.77. The normalized spacial score (nSPS) is 11.1. The molecule has 0 saturated carbocycles. The minimum Gasteiger partial charge on any atom is -0.359 e. The molecule has 1 aromatic heterocycles. The molecule has 0 atom stereocenters. The van der Waals surface area contributed by atoms with Crippen molar-refractivity contribution >= 4 is 16.8 Å². The number of carbonyl (C=O) groups is 1. The molecule has 96 valence electrons. The number of aromatic amines is 1. The van der Waals surface area contributed by atoms with E-state index in [1.54, 1.807) is 0 Å². The van der Waals surface area contributed by atoms with Crippen LogP contribution < -0.4 is 5.32 Å². The Labute approximate surface area is 108 Å². The fraction of sp³-hybridized carbons (Fsp3) is 0.400. The van der Waals surface area contributed by atoms with Crippen LogP contribution in [-0.4, -0.2) is 17.4 Å². The molecule has 2 rings (SSSR count). The SMILES string of the molecule is Cc1cc2cc(C(=O)NCCC(C)C)ccc2[nH]1. The van der Waals surface area contributed by atoms with Gasteiger partial charge in [0, 0.05) is 28.7 Å². The number of hydrogen-bond donors (Lipinski definition) is 2. The maximum absolute atomic E-state index is 12.0. The molecule has 0 aliphatic heterocycles. The van der Waals surface area contributed by atoms with Crippen LogP contribution in [0.3, 0.4) is 0 Å². The first-order chi connectivity index (χ1) is 8.56. The Morgan fingerprint density at radius 1 is 1.33 bits per heavy atom. The van der Waals surface area contributed by atoms with E-state index in [2.05, 4.69) is 30.2 Å². The van der Waals surface area contributed by atoms with E-state index < -0.39 is 0 Å². The second kappa shape index (κ2) is 5.25. The monoisotopic (exact) mass is 244 g/mol. The molecule has 0 fully saturated rings. The molecule has 0 radical (unpaired) electrons. The number of aryl methyl sites for hydroxylation is 1. The minimum absolute atomic E-state index is 0.0106. The lowest BCUT2D eigenvalue weighted by molar-refractivity contribution is 0.0952. The van der Waals surface area contributed by atoms with Gasteiger partial charge in [-0.2, -0.15) is 0 Å². The number of fused-ring (bicyclic) bond motifs is 1. The summed E-state index contributed by atoms with van der Waals surface area (Å²) in [6.07, 6.45) is 1.01. The van der Waals surface area contributed by atoms with Crippen LogP contribution in [0.25, 0.3) is 10.9 Å². The van der Waals surface area contributed by atoms with Crippen LogP contribution in [0.15, 0.2) is 24.3 Å². The predicted molar refractivity (Wildman–Crippen MR) is 74.8 cm³/mol. The number of aromatic nitrogens is 1. The molecule has 1 heterocycles. The van der Waals surface area contributed by atoms with Gasteiger partial charge in [0.25, 0.3) is 5.91 Å². The highest BCUT2D eigenvalue weighted by Crippen LogP contribution is 2.16. The predicted octanol–water partition coefficient (Wildman–Crippen LogP) is 3.25. The highest BCUT2D eigenvalue weighted by molar-refractivity contribution is 5.98. The number of H-pyrrole nitrogens is 1. The minimum atomic E-state index is 0.0106. The summed E-state index contributed by atoms with van der Waals surface area (Å²) in [6.45, 7) is 7.06. The van der Waals surface area contributed by atoms with E-state index >= 15 is 0 Å². The Kier molecular flexibility index (Phi) is 3.70. The third-order valence-electron chi connectivity index (χ3n) is 3.02. The van der Waals surface area contributed by atoms with E-state index in [-0.39, 0.29) is 5.91 Å². The van der Waals surface area contributed by atoms with Gasteiger partial charge in [-0.15, -0.1) is 0 Å². The fourth-order valence-electron chi connectivity index (χ4n) is 2.00. The lowest BCUT2D eigenvalue weighted by atomic mass is 10.1. The number of rotatable bonds is 4. The summed E-state index contributed by atoms with van der Waals surface area (Å²) < 4.78 is 0. The van der Waals surface area contributed by atoms with Crippen molar-refractivity contribution < 1.29 is 4.79 Å². The highest BCUT2D eigenvalue weighted by Gasteiger charge is 2.07. The quantitative estimate of drug-likeness (QED) is 0.852. The van der Waals surface area contributed by atoms with Gasteiger partial charge in [0.15, 0.2) is 0 Å². The van der Waals surface area contributed by atoms with Gasteiger partial charge in [-0.1, -0.05) is 13.8 Å². The third-order valence-corrected chi connectivity index (χ3v) is 3.02. The van der Waals surface area contributed by atoms with Crippen molar-refractivity contribution in [2.45, 2.75) is 27.2 Å². The average molecular weight is 244 g/mol. The van der Waals surface area contributed by atoms with Gasteiger partial charge in [0.1, 0.15) is 0 Å². The molecule has 0 bridgehead atoms. The Bertz CT molecular complexity index is 555. The maximum Gasteiger partial charge on any atom is 0.251 e. The van der Waals surface area contributed by atoms with Crippen molar-refractivity contribution in [2.24, 2.45) is 5.92 Å². The topological polar surface area (TPSA) is 44.9 Å². The van der Waals surface area contributed by atoms with Crippen molar-refractivity contribution in [3.8, 4) is 0 Å². The zero-order valence-corrected chi connectivity index (χ0v) is 11.2. The van der Waals surface area contributed by atoms with Crippen molar-refractivity contribution in [2.75, 3.05) is 6.54 Å². The standard InChI is InChI=1S/C15H20N2O/c1-10(2)6-7-16-15(18)12-4-5-14-13(9-12)8-11(3)17-14/h4-5,8-10,17H,6-7H2,1-3H3,(H,16,18). The van der Waals surface area contributed by atoms with Crippen LogP contribution in [0.5, 0.6) is 0 Å². The first-order valence-corrected chi connectivity index (χ1v) is 6.44. The molecule has 0 saturated heterocycles. The van der Waals surface area contributed by atoms with E-state index in [1.807, 2.05) is 25.1 Å². The molecule has 2 aromatic rings. The molecule has 0 spiro atoms. The van der Waals surface area contributed by atoms with E-state index in [1.165, 1.54) is 0 Å². The molecule has 1 aromatic carbocycles. The zero-order valence-electron chi connectivity index (χ0n) is 11.2. The van der Waals surface area contributed by atoms with Crippen molar-refractivity contribution in [3.05, 3.63) is 35.5 Å². The largest absolute Gasteiger partial charge is 0.359 e. The molecule has 18 heavy (non-hydrogen) atoms. The van der Waals surface area contributed by atoms with Crippen LogP contribution in [0.1, 0.15) is 36.3 Å². The summed E-state index contributed by atoms with van der Waals surface area (Å²) in [5, 5.41) is 4.04. The maximum atomic E-state index is 12.0. The first-order valence-electron chi connectivity index (χ1n) is 6.44. The molecule has 3 heteroatoms. The molecular formula is C15H20N2O. The van der Waals surface area contributed by atoms with Crippen molar-refractivity contribution in [1.82, 2.24) is 10.3 Å². The lowest BCUT2D eigenvalue weighted by Gasteiger charge is -2.07. The Morgan fingerprint density at radius 2 is 2.11 bits per heavy atom. The highest BCUT2D eigenvalue weighted by atomic mass is 16.1. The van der Waals surface area contributed by atoms with Gasteiger partial charge in [-0.05, 0) is 43.5 Å². The van der Waals surface area contributed by atoms with Gasteiger partial charge >= 0.3 is 0 Å². The number of amides is 1.